The summed E-state index contributed by atoms with van der Waals surface area (Å²) in [5, 5.41) is 1.35. The Bertz CT molecular complexity index is 475. The molecular weight excluding hydrogens is 243 g/mol. The maximum Gasteiger partial charge on any atom is 0.126 e. The van der Waals surface area contributed by atoms with E-state index in [2.05, 4.69) is 24.3 Å². The smallest absolute Gasteiger partial charge is 0.126 e. The van der Waals surface area contributed by atoms with E-state index < -0.39 is 0 Å². The standard InChI is InChI=1S/C15H17O2P/c1-16-14-9-6-10-15(17-2)13(14)11-18-12-7-4-3-5-8-12/h3-10,18H,11H2,1-2H3. The molecule has 0 aromatic heterocycles. The van der Waals surface area contributed by atoms with Crippen molar-refractivity contribution in [2.24, 2.45) is 0 Å². The molecule has 0 aliphatic carbocycles. The fourth-order valence-electron chi connectivity index (χ4n) is 1.85. The van der Waals surface area contributed by atoms with Crippen molar-refractivity contribution in [1.29, 1.82) is 0 Å². The van der Waals surface area contributed by atoms with Gasteiger partial charge in [-0.15, -0.1) is 0 Å². The van der Waals surface area contributed by atoms with E-state index >= 15 is 0 Å². The molecule has 18 heavy (non-hydrogen) atoms. The summed E-state index contributed by atoms with van der Waals surface area (Å²) in [4.78, 5) is 0. The molecule has 3 heteroatoms. The van der Waals surface area contributed by atoms with Crippen LogP contribution in [0.2, 0.25) is 0 Å². The zero-order valence-corrected chi connectivity index (χ0v) is 11.6. The van der Waals surface area contributed by atoms with E-state index in [0.29, 0.717) is 0 Å². The molecule has 0 N–H and O–H groups in total. The van der Waals surface area contributed by atoms with Crippen molar-refractivity contribution in [3.05, 3.63) is 54.1 Å². The first-order valence-corrected chi connectivity index (χ1v) is 7.04. The third-order valence-corrected chi connectivity index (χ3v) is 4.04. The number of rotatable bonds is 5. The number of hydrogen-bond donors (Lipinski definition) is 0. The van der Waals surface area contributed by atoms with Gasteiger partial charge in [-0.05, 0) is 17.4 Å². The molecule has 0 fully saturated rings. The maximum atomic E-state index is 5.40. The Labute approximate surface area is 110 Å². The summed E-state index contributed by atoms with van der Waals surface area (Å²) in [5.41, 5.74) is 1.14. The van der Waals surface area contributed by atoms with Gasteiger partial charge in [-0.1, -0.05) is 45.0 Å². The Morgan fingerprint density at radius 3 is 2.00 bits per heavy atom. The molecule has 1 atom stereocenters. The summed E-state index contributed by atoms with van der Waals surface area (Å²) >= 11 is 0. The minimum atomic E-state index is 0.721. The van der Waals surface area contributed by atoms with Crippen molar-refractivity contribution in [3.63, 3.8) is 0 Å². The highest BCUT2D eigenvalue weighted by atomic mass is 31.1. The Hall–Kier alpha value is -1.53. The van der Waals surface area contributed by atoms with E-state index in [-0.39, 0.29) is 0 Å². The highest BCUT2D eigenvalue weighted by molar-refractivity contribution is 7.46. The largest absolute Gasteiger partial charge is 0.496 e. The molecule has 0 aliphatic heterocycles. The first kappa shape index (κ1) is 12.9. The number of benzene rings is 2. The third kappa shape index (κ3) is 3.02. The lowest BCUT2D eigenvalue weighted by atomic mass is 10.2. The monoisotopic (exact) mass is 260 g/mol. The van der Waals surface area contributed by atoms with Crippen molar-refractivity contribution >= 4 is 13.9 Å². The molecule has 0 spiro atoms. The first-order chi connectivity index (χ1) is 8.85. The molecule has 1 unspecified atom stereocenters. The van der Waals surface area contributed by atoms with Gasteiger partial charge in [0.1, 0.15) is 11.5 Å². The average Bonchev–Trinajstić information content (AvgIpc) is 2.45. The number of ether oxygens (including phenoxy) is 2. The van der Waals surface area contributed by atoms with Gasteiger partial charge in [0.15, 0.2) is 0 Å². The minimum absolute atomic E-state index is 0.721. The van der Waals surface area contributed by atoms with Crippen LogP contribution in [-0.2, 0) is 6.16 Å². The van der Waals surface area contributed by atoms with Gasteiger partial charge in [-0.2, -0.15) is 0 Å². The molecule has 0 heterocycles. The highest BCUT2D eigenvalue weighted by Crippen LogP contribution is 2.33. The Morgan fingerprint density at radius 1 is 0.833 bits per heavy atom. The molecule has 0 saturated carbocycles. The molecular formula is C15H17O2P. The molecule has 0 saturated heterocycles. The molecule has 0 bridgehead atoms. The minimum Gasteiger partial charge on any atom is -0.496 e. The van der Waals surface area contributed by atoms with Crippen LogP contribution in [0.5, 0.6) is 11.5 Å². The predicted molar refractivity (Wildman–Crippen MR) is 77.6 cm³/mol. The van der Waals surface area contributed by atoms with Crippen LogP contribution < -0.4 is 14.8 Å². The summed E-state index contributed by atoms with van der Waals surface area (Å²) in [6, 6.07) is 16.4. The molecule has 2 aromatic carbocycles. The van der Waals surface area contributed by atoms with Crippen molar-refractivity contribution in [2.75, 3.05) is 14.2 Å². The highest BCUT2D eigenvalue weighted by Gasteiger charge is 2.09. The Kier molecular flexibility index (Phi) is 4.60. The maximum absolute atomic E-state index is 5.40. The lowest BCUT2D eigenvalue weighted by Crippen LogP contribution is -1.98. The van der Waals surface area contributed by atoms with Crippen molar-refractivity contribution in [3.8, 4) is 11.5 Å². The van der Waals surface area contributed by atoms with Crippen LogP contribution in [-0.4, -0.2) is 14.2 Å². The van der Waals surface area contributed by atoms with Crippen LogP contribution in [0.1, 0.15) is 5.56 Å². The molecule has 2 nitrogen and oxygen atoms in total. The number of methoxy groups -OCH3 is 2. The van der Waals surface area contributed by atoms with Gasteiger partial charge in [-0.3, -0.25) is 0 Å². The van der Waals surface area contributed by atoms with E-state index in [9.17, 15) is 0 Å². The second-order valence-electron chi connectivity index (χ2n) is 3.86. The molecule has 2 aromatic rings. The average molecular weight is 260 g/mol. The lowest BCUT2D eigenvalue weighted by molar-refractivity contribution is 0.388. The van der Waals surface area contributed by atoms with Crippen molar-refractivity contribution < 1.29 is 9.47 Å². The lowest BCUT2D eigenvalue weighted by Gasteiger charge is -2.12. The second-order valence-corrected chi connectivity index (χ2v) is 5.15. The zero-order chi connectivity index (χ0) is 12.8. The molecule has 2 rings (SSSR count). The van der Waals surface area contributed by atoms with E-state index in [1.54, 1.807) is 14.2 Å². The molecule has 0 radical (unpaired) electrons. The number of hydrogen-bond acceptors (Lipinski definition) is 2. The summed E-state index contributed by atoms with van der Waals surface area (Å²) < 4.78 is 10.8. The van der Waals surface area contributed by atoms with Gasteiger partial charge in [0.2, 0.25) is 0 Å². The Morgan fingerprint density at radius 2 is 1.44 bits per heavy atom. The third-order valence-electron chi connectivity index (χ3n) is 2.77. The Balaban J connectivity index is 2.17. The fraction of sp³-hybridized carbons (Fsp3) is 0.200. The molecule has 0 aliphatic rings. The van der Waals surface area contributed by atoms with Gasteiger partial charge in [0, 0.05) is 11.7 Å². The summed E-state index contributed by atoms with van der Waals surface area (Å²) in [7, 11) is 4.12. The van der Waals surface area contributed by atoms with Crippen LogP contribution in [0.15, 0.2) is 48.5 Å². The molecule has 94 valence electrons. The predicted octanol–water partition coefficient (Wildman–Crippen LogP) is 3.21. The van der Waals surface area contributed by atoms with Gasteiger partial charge in [0.25, 0.3) is 0 Å². The normalized spacial score (nSPS) is 10.8. The quantitative estimate of drug-likeness (QED) is 0.768. The van der Waals surface area contributed by atoms with Crippen molar-refractivity contribution in [2.45, 2.75) is 6.16 Å². The van der Waals surface area contributed by atoms with Gasteiger partial charge < -0.3 is 9.47 Å². The zero-order valence-electron chi connectivity index (χ0n) is 10.6. The van der Waals surface area contributed by atoms with E-state index in [1.165, 1.54) is 5.30 Å². The van der Waals surface area contributed by atoms with Crippen LogP contribution in [0.4, 0.5) is 0 Å². The van der Waals surface area contributed by atoms with Gasteiger partial charge >= 0.3 is 0 Å². The van der Waals surface area contributed by atoms with Crippen LogP contribution in [0, 0.1) is 0 Å². The summed E-state index contributed by atoms with van der Waals surface area (Å²) in [5.74, 6) is 1.80. The topological polar surface area (TPSA) is 18.5 Å². The van der Waals surface area contributed by atoms with E-state index in [0.717, 1.165) is 31.8 Å². The van der Waals surface area contributed by atoms with Crippen LogP contribution in [0.3, 0.4) is 0 Å². The van der Waals surface area contributed by atoms with E-state index in [1.807, 2.05) is 24.3 Å². The first-order valence-electron chi connectivity index (χ1n) is 5.84. The summed E-state index contributed by atoms with van der Waals surface area (Å²) in [6.45, 7) is 0. The van der Waals surface area contributed by atoms with Gasteiger partial charge in [-0.25, -0.2) is 0 Å². The van der Waals surface area contributed by atoms with Crippen LogP contribution in [0.25, 0.3) is 0 Å². The fourth-order valence-corrected chi connectivity index (χ4v) is 3.01. The summed E-state index contributed by atoms with van der Waals surface area (Å²) in [6.07, 6.45) is 0.942. The SMILES string of the molecule is COc1cccc(OC)c1CPc1ccccc1. The van der Waals surface area contributed by atoms with E-state index in [4.69, 9.17) is 9.47 Å². The second kappa shape index (κ2) is 6.42. The van der Waals surface area contributed by atoms with Gasteiger partial charge in [0.05, 0.1) is 14.2 Å². The van der Waals surface area contributed by atoms with Crippen LogP contribution >= 0.6 is 8.58 Å². The molecule has 0 amide bonds. The van der Waals surface area contributed by atoms with Crippen molar-refractivity contribution in [1.82, 2.24) is 0 Å².